The highest BCUT2D eigenvalue weighted by Gasteiger charge is 2.16. The summed E-state index contributed by atoms with van der Waals surface area (Å²) in [5.41, 5.74) is 5.06. The van der Waals surface area contributed by atoms with Gasteiger partial charge in [0.05, 0.1) is 13.2 Å². The summed E-state index contributed by atoms with van der Waals surface area (Å²) >= 11 is 0. The van der Waals surface area contributed by atoms with Gasteiger partial charge in [-0.25, -0.2) is 0 Å². The number of hydrazine groups is 1. The predicted octanol–water partition coefficient (Wildman–Crippen LogP) is 2.09. The number of hydrogen-bond acceptors (Lipinski definition) is 6. The van der Waals surface area contributed by atoms with Gasteiger partial charge in [0.15, 0.2) is 6.61 Å². The summed E-state index contributed by atoms with van der Waals surface area (Å²) in [5, 5.41) is 0. The van der Waals surface area contributed by atoms with Crippen molar-refractivity contribution in [3.63, 3.8) is 0 Å². The zero-order valence-corrected chi connectivity index (χ0v) is 16.2. The van der Waals surface area contributed by atoms with Crippen molar-refractivity contribution in [3.8, 4) is 17.2 Å². The van der Waals surface area contributed by atoms with E-state index in [2.05, 4.69) is 10.9 Å². The monoisotopic (exact) mass is 400 g/mol. The van der Waals surface area contributed by atoms with Crippen molar-refractivity contribution in [3.05, 3.63) is 54.1 Å². The summed E-state index contributed by atoms with van der Waals surface area (Å²) in [5.74, 6) is 0.955. The highest BCUT2D eigenvalue weighted by molar-refractivity contribution is 5.95. The van der Waals surface area contributed by atoms with Gasteiger partial charge in [-0.15, -0.1) is 0 Å². The van der Waals surface area contributed by atoms with E-state index in [1.807, 2.05) is 0 Å². The van der Waals surface area contributed by atoms with Gasteiger partial charge in [-0.1, -0.05) is 0 Å². The lowest BCUT2D eigenvalue weighted by molar-refractivity contribution is -0.123. The maximum Gasteiger partial charge on any atom is 0.276 e. The molecule has 0 saturated carbocycles. The van der Waals surface area contributed by atoms with Gasteiger partial charge in [0.1, 0.15) is 23.9 Å². The van der Waals surface area contributed by atoms with Gasteiger partial charge in [-0.05, 0) is 61.4 Å². The van der Waals surface area contributed by atoms with E-state index in [9.17, 15) is 9.59 Å². The third kappa shape index (κ3) is 6.39. The summed E-state index contributed by atoms with van der Waals surface area (Å²) in [6.07, 6.45) is 2.19. The molecule has 2 amide bonds. The van der Waals surface area contributed by atoms with Crippen LogP contribution in [-0.2, 0) is 9.53 Å². The molecule has 0 bridgehead atoms. The Bertz CT molecular complexity index is 801. The molecule has 8 nitrogen and oxygen atoms in total. The molecule has 2 N–H and O–H groups in total. The van der Waals surface area contributed by atoms with Crippen LogP contribution in [0.25, 0.3) is 0 Å². The molecule has 8 heteroatoms. The summed E-state index contributed by atoms with van der Waals surface area (Å²) in [6.45, 7) is 1.04. The highest BCUT2D eigenvalue weighted by Crippen LogP contribution is 2.17. The van der Waals surface area contributed by atoms with Crippen molar-refractivity contribution < 1.29 is 28.5 Å². The Labute approximate surface area is 169 Å². The number of methoxy groups -OCH3 is 1. The molecule has 0 spiro atoms. The first-order valence-electron chi connectivity index (χ1n) is 9.34. The van der Waals surface area contributed by atoms with E-state index in [1.165, 1.54) is 0 Å². The second-order valence-corrected chi connectivity index (χ2v) is 6.44. The zero-order chi connectivity index (χ0) is 20.5. The second kappa shape index (κ2) is 10.3. The molecular weight excluding hydrogens is 376 g/mol. The summed E-state index contributed by atoms with van der Waals surface area (Å²) in [7, 11) is 1.57. The number of carbonyl (C=O) groups excluding carboxylic acids is 2. The maximum absolute atomic E-state index is 12.1. The van der Waals surface area contributed by atoms with Crippen LogP contribution in [0.15, 0.2) is 48.5 Å². The number of hydrogen-bond donors (Lipinski definition) is 2. The van der Waals surface area contributed by atoms with Gasteiger partial charge >= 0.3 is 0 Å². The summed E-state index contributed by atoms with van der Waals surface area (Å²) in [6, 6.07) is 13.5. The quantitative estimate of drug-likeness (QED) is 0.659. The van der Waals surface area contributed by atoms with Crippen LogP contribution in [0.5, 0.6) is 17.2 Å². The molecule has 1 atom stereocenters. The van der Waals surface area contributed by atoms with Crippen molar-refractivity contribution in [2.75, 3.05) is 26.9 Å². The molecule has 1 aliphatic rings. The Kier molecular flexibility index (Phi) is 7.29. The molecule has 1 saturated heterocycles. The van der Waals surface area contributed by atoms with E-state index in [0.29, 0.717) is 29.4 Å². The van der Waals surface area contributed by atoms with E-state index in [0.717, 1.165) is 19.4 Å². The lowest BCUT2D eigenvalue weighted by atomic mass is 10.2. The Balaban J connectivity index is 1.38. The summed E-state index contributed by atoms with van der Waals surface area (Å²) in [4.78, 5) is 24.0. The highest BCUT2D eigenvalue weighted by atomic mass is 16.5. The van der Waals surface area contributed by atoms with E-state index >= 15 is 0 Å². The number of nitrogens with one attached hydrogen (secondary N) is 2. The van der Waals surface area contributed by atoms with Gasteiger partial charge in [0, 0.05) is 12.2 Å². The lowest BCUT2D eigenvalue weighted by Crippen LogP contribution is -2.43. The topological polar surface area (TPSA) is 95.1 Å². The van der Waals surface area contributed by atoms with Crippen LogP contribution in [0.4, 0.5) is 0 Å². The molecule has 3 rings (SSSR count). The predicted molar refractivity (Wildman–Crippen MR) is 105 cm³/mol. The Morgan fingerprint density at radius 2 is 1.62 bits per heavy atom. The fourth-order valence-corrected chi connectivity index (χ4v) is 2.72. The standard InChI is InChI=1S/C21H24N2O6/c1-26-16-8-10-18(11-9-16)29-14-20(24)22-23-21(25)15-4-6-17(7-5-15)28-13-19-3-2-12-27-19/h4-11,19H,2-3,12-14H2,1H3,(H,22,24)(H,23,25). The minimum atomic E-state index is -0.481. The van der Waals surface area contributed by atoms with E-state index < -0.39 is 11.8 Å². The van der Waals surface area contributed by atoms with Crippen LogP contribution < -0.4 is 25.1 Å². The molecule has 0 aromatic heterocycles. The molecule has 0 radical (unpaired) electrons. The number of ether oxygens (including phenoxy) is 4. The zero-order valence-electron chi connectivity index (χ0n) is 16.2. The molecular formula is C21H24N2O6. The van der Waals surface area contributed by atoms with Crippen LogP contribution in [0.2, 0.25) is 0 Å². The fourth-order valence-electron chi connectivity index (χ4n) is 2.72. The first-order chi connectivity index (χ1) is 14.1. The Morgan fingerprint density at radius 1 is 0.966 bits per heavy atom. The molecule has 29 heavy (non-hydrogen) atoms. The third-order valence-corrected chi connectivity index (χ3v) is 4.32. The average molecular weight is 400 g/mol. The first kappa shape index (κ1) is 20.5. The minimum Gasteiger partial charge on any atom is -0.497 e. The van der Waals surface area contributed by atoms with Gasteiger partial charge in [-0.3, -0.25) is 20.4 Å². The SMILES string of the molecule is COc1ccc(OCC(=O)NNC(=O)c2ccc(OCC3CCCO3)cc2)cc1. The fraction of sp³-hybridized carbons (Fsp3) is 0.333. The van der Waals surface area contributed by atoms with Crippen LogP contribution in [0, 0.1) is 0 Å². The van der Waals surface area contributed by atoms with Crippen molar-refractivity contribution in [2.24, 2.45) is 0 Å². The number of rotatable bonds is 8. The molecule has 2 aromatic carbocycles. The van der Waals surface area contributed by atoms with Crippen LogP contribution in [-0.4, -0.2) is 44.8 Å². The lowest BCUT2D eigenvalue weighted by Gasteiger charge is -2.12. The molecule has 0 aliphatic carbocycles. The number of amides is 2. The van der Waals surface area contributed by atoms with Crippen molar-refractivity contribution in [1.29, 1.82) is 0 Å². The van der Waals surface area contributed by atoms with Crippen molar-refractivity contribution in [1.82, 2.24) is 10.9 Å². The number of carbonyl (C=O) groups is 2. The first-order valence-corrected chi connectivity index (χ1v) is 9.34. The average Bonchev–Trinajstić information content (AvgIpc) is 3.29. The molecule has 1 fully saturated rings. The third-order valence-electron chi connectivity index (χ3n) is 4.32. The Hall–Kier alpha value is -3.26. The van der Waals surface area contributed by atoms with Gasteiger partial charge < -0.3 is 18.9 Å². The minimum absolute atomic E-state index is 0.133. The molecule has 2 aromatic rings. The second-order valence-electron chi connectivity index (χ2n) is 6.44. The van der Waals surface area contributed by atoms with Crippen molar-refractivity contribution >= 4 is 11.8 Å². The molecule has 154 valence electrons. The Morgan fingerprint density at radius 3 is 2.28 bits per heavy atom. The van der Waals surface area contributed by atoms with Crippen LogP contribution >= 0.6 is 0 Å². The van der Waals surface area contributed by atoms with Crippen molar-refractivity contribution in [2.45, 2.75) is 18.9 Å². The largest absolute Gasteiger partial charge is 0.497 e. The van der Waals surface area contributed by atoms with E-state index in [1.54, 1.807) is 55.6 Å². The van der Waals surface area contributed by atoms with E-state index in [4.69, 9.17) is 18.9 Å². The van der Waals surface area contributed by atoms with Gasteiger partial charge in [0.25, 0.3) is 11.8 Å². The molecule has 1 aliphatic heterocycles. The van der Waals surface area contributed by atoms with Crippen LogP contribution in [0.3, 0.4) is 0 Å². The maximum atomic E-state index is 12.1. The molecule has 1 unspecified atom stereocenters. The van der Waals surface area contributed by atoms with Gasteiger partial charge in [0.2, 0.25) is 0 Å². The van der Waals surface area contributed by atoms with Crippen LogP contribution in [0.1, 0.15) is 23.2 Å². The molecule has 1 heterocycles. The number of benzene rings is 2. The normalized spacial score (nSPS) is 15.4. The van der Waals surface area contributed by atoms with E-state index in [-0.39, 0.29) is 12.7 Å². The van der Waals surface area contributed by atoms with Gasteiger partial charge in [-0.2, -0.15) is 0 Å². The smallest absolute Gasteiger partial charge is 0.276 e. The summed E-state index contributed by atoms with van der Waals surface area (Å²) < 4.78 is 21.6.